The standard InChI is InChI=1S/2C37H31P2Si.2C7H7.3CH2Cl2.2Pt/c2*1-40(36-28-16-14-26-34(36)38(30-18-6-2-7-19-30)31-20-8-3-9-21-31)37-29-17-15-27-35(37)39(32-22-10-4-11-23-32)33-24-12-5-13-25-33;2*1-7-5-3-2-4-6-7;3*2-1-3;;/h2*2-29H,1H3;2*2-6H,1H2;3*1H2;;/q4*-1;;;;2*+2. The molecule has 0 spiro atoms. The molecule has 0 atom stereocenters. The van der Waals surface area contributed by atoms with Crippen LogP contribution in [0, 0.1) is 13.8 Å². The second kappa shape index (κ2) is 50.7. The summed E-state index contributed by atoms with van der Waals surface area (Å²) in [5, 5.41) is 23.7. The maximum absolute atomic E-state index is 4.76. The summed E-state index contributed by atoms with van der Waals surface area (Å²) in [7, 11) is -4.86. The van der Waals surface area contributed by atoms with E-state index in [9.17, 15) is 0 Å². The fourth-order valence-corrected chi connectivity index (χ4v) is 28.1. The molecule has 0 aliphatic carbocycles. The van der Waals surface area contributed by atoms with Gasteiger partial charge in [-0.2, -0.15) is 83.1 Å². The predicted molar refractivity (Wildman–Crippen MR) is 474 cm³/mol. The Kier molecular flexibility index (Phi) is 42.5. The summed E-state index contributed by atoms with van der Waals surface area (Å²) in [5.74, 6) is 0. The number of alkyl halides is 6. The molecule has 0 saturated heterocycles. The molecule has 0 N–H and O–H groups in total. The van der Waals surface area contributed by atoms with E-state index in [1.54, 1.807) is 0 Å². The Bertz CT molecular complexity index is 3880. The predicted octanol–water partition coefficient (Wildman–Crippen LogP) is 18.9. The van der Waals surface area contributed by atoms with Crippen LogP contribution in [0.15, 0.2) is 400 Å². The Hall–Kier alpha value is -5.91. The van der Waals surface area contributed by atoms with E-state index in [0.717, 1.165) is 11.1 Å². The summed E-state index contributed by atoms with van der Waals surface area (Å²) < 4.78 is 0. The normalized spacial score (nSPS) is 10.1. The van der Waals surface area contributed by atoms with Gasteiger partial charge in [0, 0.05) is 0 Å². The summed E-state index contributed by atoms with van der Waals surface area (Å²) in [4.78, 5) is 0. The van der Waals surface area contributed by atoms with E-state index >= 15 is 0 Å². The van der Waals surface area contributed by atoms with Crippen LogP contribution in [-0.2, 0) is 42.1 Å². The smallest absolute Gasteiger partial charge is 0.253 e. The van der Waals surface area contributed by atoms with Crippen LogP contribution in [0.25, 0.3) is 0 Å². The van der Waals surface area contributed by atoms with Crippen molar-refractivity contribution in [3.63, 3.8) is 0 Å². The van der Waals surface area contributed by atoms with Crippen LogP contribution in [-0.4, -0.2) is 33.6 Å². The largest absolute Gasteiger partial charge is 2.00 e. The third-order valence-corrected chi connectivity index (χ3v) is 31.8. The molecule has 0 amide bonds. The molecule has 14 aromatic rings. The van der Waals surface area contributed by atoms with Crippen molar-refractivity contribution in [3.8, 4) is 0 Å². The van der Waals surface area contributed by atoms with Gasteiger partial charge in [-0.1, -0.05) is 352 Å². The first-order chi connectivity index (χ1) is 50.6. The van der Waals surface area contributed by atoms with Gasteiger partial charge in [-0.15, -0.1) is 93.9 Å². The van der Waals surface area contributed by atoms with Crippen molar-refractivity contribution in [2.24, 2.45) is 0 Å². The van der Waals surface area contributed by atoms with Gasteiger partial charge in [0.25, 0.3) is 0 Å². The first kappa shape index (κ1) is 88.0. The van der Waals surface area contributed by atoms with E-state index in [0.29, 0.717) is 0 Å². The van der Waals surface area contributed by atoms with Gasteiger partial charge in [-0.3, -0.25) is 17.6 Å². The Morgan fingerprint density at radius 3 is 0.438 bits per heavy atom. The van der Waals surface area contributed by atoms with Gasteiger partial charge in [0.2, 0.25) is 0 Å². The van der Waals surface area contributed by atoms with E-state index in [4.69, 9.17) is 69.6 Å². The molecular formula is C91H82Cl6P4Pt2Si2. The van der Waals surface area contributed by atoms with Gasteiger partial charge in [0.1, 0.15) is 0 Å². The SMILES string of the molecule is C[Si-](c1ccccc1P(c1ccccc1)c1ccccc1)c1ccccc1P(c1ccccc1)c1ccccc1.C[Si-](c1ccccc1P(c1ccccc1)c1ccccc1)c1ccccc1P(c1ccccc1)c1ccccc1.ClCCl.ClCCl.ClCCl.[CH2-]c1ccccc1.[CH2-]c1ccccc1.[Pt+2].[Pt+2]. The number of hydrogen-bond donors (Lipinski definition) is 0. The molecule has 0 nitrogen and oxygen atoms in total. The zero-order chi connectivity index (χ0) is 72.6. The van der Waals surface area contributed by atoms with E-state index in [2.05, 4.69) is 367 Å². The first-order valence-corrected chi connectivity index (χ1v) is 46.0. The van der Waals surface area contributed by atoms with Crippen LogP contribution in [0.2, 0.25) is 13.1 Å². The fraction of sp³-hybridized carbons (Fsp3) is 0.0549. The third kappa shape index (κ3) is 27.3. The van der Waals surface area contributed by atoms with Gasteiger partial charge in [-0.25, -0.2) is 0 Å². The molecule has 0 bridgehead atoms. The fourth-order valence-electron chi connectivity index (χ4n) is 11.5. The van der Waals surface area contributed by atoms with Crippen molar-refractivity contribution in [2.75, 3.05) is 16.0 Å². The number of rotatable bonds is 16. The van der Waals surface area contributed by atoms with Crippen molar-refractivity contribution < 1.29 is 42.1 Å². The minimum atomic E-state index is -1.09. The molecule has 0 saturated carbocycles. The van der Waals surface area contributed by atoms with Gasteiger partial charge in [0.05, 0.1) is 16.0 Å². The monoisotopic (exact) mass is 1950 g/mol. The van der Waals surface area contributed by atoms with Gasteiger partial charge in [-0.05, 0) is 95.3 Å². The maximum atomic E-state index is 4.76. The van der Waals surface area contributed by atoms with Crippen LogP contribution in [0.5, 0.6) is 0 Å². The molecule has 14 heteroatoms. The Labute approximate surface area is 692 Å². The number of hydrogen-bond acceptors (Lipinski definition) is 0. The van der Waals surface area contributed by atoms with Gasteiger partial charge in [0.15, 0.2) is 0 Å². The number of benzene rings is 14. The van der Waals surface area contributed by atoms with Crippen molar-refractivity contribution in [1.29, 1.82) is 0 Å². The molecular weight excluding hydrogens is 1880 g/mol. The molecule has 105 heavy (non-hydrogen) atoms. The first-order valence-electron chi connectivity index (χ1n) is 33.4. The van der Waals surface area contributed by atoms with Crippen LogP contribution in [0.4, 0.5) is 0 Å². The second-order valence-corrected chi connectivity index (χ2v) is 38.4. The zero-order valence-electron chi connectivity index (χ0n) is 58.3. The minimum absolute atomic E-state index is 0. The van der Waals surface area contributed by atoms with Crippen LogP contribution in [0.1, 0.15) is 11.1 Å². The van der Waals surface area contributed by atoms with Crippen LogP contribution in [0.3, 0.4) is 0 Å². The van der Waals surface area contributed by atoms with E-state index < -0.39 is 49.3 Å². The average Bonchev–Trinajstić information content (AvgIpc) is 0.779. The van der Waals surface area contributed by atoms with E-state index in [-0.39, 0.29) is 58.1 Å². The summed E-state index contributed by atoms with van der Waals surface area (Å²) in [5.41, 5.74) is 2.14. The summed E-state index contributed by atoms with van der Waals surface area (Å²) in [6.07, 6.45) is 0. The van der Waals surface area contributed by atoms with Gasteiger partial charge >= 0.3 is 42.1 Å². The Balaban J connectivity index is 0.000000249. The Morgan fingerprint density at radius 2 is 0.314 bits per heavy atom. The minimum Gasteiger partial charge on any atom is -0.253 e. The molecule has 0 radical (unpaired) electrons. The molecule has 0 fully saturated rings. The molecule has 0 unspecified atom stereocenters. The molecule has 0 aliphatic rings. The Morgan fingerprint density at radius 1 is 0.200 bits per heavy atom. The van der Waals surface area contributed by atoms with E-state index in [1.165, 1.54) is 84.4 Å². The van der Waals surface area contributed by atoms with Crippen LogP contribution < -0.4 is 84.4 Å². The molecule has 14 aromatic carbocycles. The molecule has 0 heterocycles. The topological polar surface area (TPSA) is 0 Å². The van der Waals surface area contributed by atoms with Crippen molar-refractivity contribution in [2.45, 2.75) is 13.1 Å². The summed E-state index contributed by atoms with van der Waals surface area (Å²) in [6, 6.07) is 145. The summed E-state index contributed by atoms with van der Waals surface area (Å²) >= 11 is 28.6. The van der Waals surface area contributed by atoms with E-state index in [1.807, 2.05) is 60.7 Å². The quantitative estimate of drug-likeness (QED) is 0.0391. The van der Waals surface area contributed by atoms with Crippen molar-refractivity contribution >= 4 is 203 Å². The maximum Gasteiger partial charge on any atom is 2.00 e. The van der Waals surface area contributed by atoms with Gasteiger partial charge < -0.3 is 0 Å². The molecule has 0 aliphatic heterocycles. The molecule has 0 aromatic heterocycles. The number of halogens is 6. The third-order valence-electron chi connectivity index (χ3n) is 16.0. The second-order valence-electron chi connectivity index (χ2n) is 22.6. The summed E-state index contributed by atoms with van der Waals surface area (Å²) in [6.45, 7) is 12.4. The van der Waals surface area contributed by atoms with Crippen LogP contribution >= 0.6 is 101 Å². The zero-order valence-corrected chi connectivity index (χ0v) is 73.0. The molecule has 536 valence electrons. The average molecular weight is 1960 g/mol. The van der Waals surface area contributed by atoms with Crippen molar-refractivity contribution in [3.05, 3.63) is 425 Å². The van der Waals surface area contributed by atoms with Crippen molar-refractivity contribution in [1.82, 2.24) is 0 Å². The molecule has 14 rings (SSSR count).